The van der Waals surface area contributed by atoms with Crippen molar-refractivity contribution < 1.29 is 14.3 Å². The zero-order chi connectivity index (χ0) is 25.2. The van der Waals surface area contributed by atoms with Crippen LogP contribution < -0.4 is 20.1 Å². The number of halogens is 1. The number of likely N-dealkylation sites (tertiary alicyclic amines) is 1. The number of benzene rings is 1. The average Bonchev–Trinajstić information content (AvgIpc) is 3.22. The largest absolute Gasteiger partial charge is 0.493 e. The molecular weight excluding hydrogens is 478 g/mol. The number of rotatable bonds is 7. The van der Waals surface area contributed by atoms with E-state index in [2.05, 4.69) is 32.5 Å². The molecule has 0 aliphatic carbocycles. The van der Waals surface area contributed by atoms with Gasteiger partial charge in [0.05, 0.1) is 41.0 Å². The SMILES string of the molecule is COc1c(Cl)cccc1Nc1c(-c2ccncc2OCC2CCCCN2C)[nH]c2c1C(=O)N[C@H](C)C2. The fraction of sp³-hybridized carbons (Fsp3) is 0.407. The van der Waals surface area contributed by atoms with Crippen LogP contribution in [0.3, 0.4) is 0 Å². The number of ether oxygens (including phenoxy) is 2. The highest BCUT2D eigenvalue weighted by atomic mass is 35.5. The first-order valence-corrected chi connectivity index (χ1v) is 12.8. The fourth-order valence-corrected chi connectivity index (χ4v) is 5.38. The maximum atomic E-state index is 13.1. The Kier molecular flexibility index (Phi) is 7.07. The molecule has 5 rings (SSSR count). The molecule has 2 aliphatic heterocycles. The van der Waals surface area contributed by atoms with Crippen molar-refractivity contribution >= 4 is 28.9 Å². The normalized spacial score (nSPS) is 19.9. The number of aromatic amines is 1. The van der Waals surface area contributed by atoms with Gasteiger partial charge >= 0.3 is 0 Å². The van der Waals surface area contributed by atoms with Crippen LogP contribution in [0.4, 0.5) is 11.4 Å². The molecule has 4 heterocycles. The van der Waals surface area contributed by atoms with E-state index in [9.17, 15) is 4.79 Å². The Bertz CT molecular complexity index is 1260. The van der Waals surface area contributed by atoms with Crippen LogP contribution in [-0.2, 0) is 6.42 Å². The quantitative estimate of drug-likeness (QED) is 0.414. The minimum atomic E-state index is -0.130. The first-order chi connectivity index (χ1) is 17.5. The number of pyridine rings is 1. The molecule has 1 amide bonds. The Morgan fingerprint density at radius 3 is 2.94 bits per heavy atom. The molecule has 3 N–H and O–H groups in total. The number of nitrogens with zero attached hydrogens (tertiary/aromatic N) is 2. The van der Waals surface area contributed by atoms with E-state index in [1.807, 2.05) is 25.1 Å². The van der Waals surface area contributed by atoms with Crippen molar-refractivity contribution in [2.24, 2.45) is 0 Å². The van der Waals surface area contributed by atoms with Gasteiger partial charge in [0.1, 0.15) is 12.4 Å². The lowest BCUT2D eigenvalue weighted by atomic mass is 10.0. The molecule has 1 unspecified atom stereocenters. The van der Waals surface area contributed by atoms with Gasteiger partial charge in [-0.15, -0.1) is 0 Å². The van der Waals surface area contributed by atoms with Crippen molar-refractivity contribution in [3.8, 4) is 22.8 Å². The summed E-state index contributed by atoms with van der Waals surface area (Å²) in [5.41, 5.74) is 4.38. The Morgan fingerprint density at radius 2 is 2.14 bits per heavy atom. The van der Waals surface area contributed by atoms with E-state index in [-0.39, 0.29) is 11.9 Å². The Labute approximate surface area is 216 Å². The van der Waals surface area contributed by atoms with Crippen LogP contribution >= 0.6 is 11.6 Å². The summed E-state index contributed by atoms with van der Waals surface area (Å²) in [6.45, 7) is 3.66. The van der Waals surface area contributed by atoms with E-state index in [1.165, 1.54) is 12.8 Å². The van der Waals surface area contributed by atoms with E-state index in [0.717, 1.165) is 29.9 Å². The third-order valence-electron chi connectivity index (χ3n) is 7.03. The van der Waals surface area contributed by atoms with Crippen LogP contribution in [0.5, 0.6) is 11.5 Å². The van der Waals surface area contributed by atoms with Gasteiger partial charge in [0.2, 0.25) is 0 Å². The molecule has 36 heavy (non-hydrogen) atoms. The number of para-hydroxylation sites is 1. The van der Waals surface area contributed by atoms with Gasteiger partial charge in [-0.25, -0.2) is 0 Å². The van der Waals surface area contributed by atoms with Crippen molar-refractivity contribution in [1.29, 1.82) is 0 Å². The molecule has 2 aliphatic rings. The van der Waals surface area contributed by atoms with Crippen LogP contribution in [0, 0.1) is 0 Å². The molecule has 2 aromatic heterocycles. The summed E-state index contributed by atoms with van der Waals surface area (Å²) in [6.07, 6.45) is 7.72. The second-order valence-corrected chi connectivity index (χ2v) is 9.97. The van der Waals surface area contributed by atoms with Gasteiger partial charge in [0.15, 0.2) is 5.75 Å². The Balaban J connectivity index is 1.56. The molecule has 0 radical (unpaired) electrons. The van der Waals surface area contributed by atoms with E-state index < -0.39 is 0 Å². The highest BCUT2D eigenvalue weighted by Crippen LogP contribution is 2.43. The average molecular weight is 510 g/mol. The minimum Gasteiger partial charge on any atom is -0.493 e. The van der Waals surface area contributed by atoms with Crippen LogP contribution in [-0.4, -0.2) is 60.2 Å². The summed E-state index contributed by atoms with van der Waals surface area (Å²) >= 11 is 6.39. The summed E-state index contributed by atoms with van der Waals surface area (Å²) in [4.78, 5) is 23.4. The number of hydrogen-bond donors (Lipinski definition) is 3. The number of fused-ring (bicyclic) bond motifs is 1. The number of aromatic nitrogens is 2. The molecule has 1 saturated heterocycles. The lowest BCUT2D eigenvalue weighted by Crippen LogP contribution is -2.40. The second-order valence-electron chi connectivity index (χ2n) is 9.57. The first kappa shape index (κ1) is 24.5. The molecule has 0 bridgehead atoms. The van der Waals surface area contributed by atoms with Crippen molar-refractivity contribution in [3.05, 3.63) is 52.9 Å². The van der Waals surface area contributed by atoms with E-state index in [0.29, 0.717) is 52.5 Å². The molecule has 8 nitrogen and oxygen atoms in total. The number of methoxy groups -OCH3 is 1. The second kappa shape index (κ2) is 10.4. The number of likely N-dealkylation sites (N-methyl/N-ethyl adjacent to an activating group) is 1. The predicted octanol–water partition coefficient (Wildman–Crippen LogP) is 5.02. The van der Waals surface area contributed by atoms with Crippen LogP contribution in [0.15, 0.2) is 36.7 Å². The minimum absolute atomic E-state index is 0.0278. The van der Waals surface area contributed by atoms with Gasteiger partial charge in [-0.3, -0.25) is 9.78 Å². The topological polar surface area (TPSA) is 91.5 Å². The van der Waals surface area contributed by atoms with Gasteiger partial charge in [0.25, 0.3) is 5.91 Å². The van der Waals surface area contributed by atoms with Crippen molar-refractivity contribution in [2.75, 3.05) is 32.6 Å². The third kappa shape index (κ3) is 4.75. The number of piperidine rings is 1. The number of carbonyl (C=O) groups excluding carboxylic acids is 1. The van der Waals surface area contributed by atoms with E-state index >= 15 is 0 Å². The molecule has 190 valence electrons. The van der Waals surface area contributed by atoms with Gasteiger partial charge < -0.3 is 30.0 Å². The van der Waals surface area contributed by atoms with Gasteiger partial charge in [-0.1, -0.05) is 24.1 Å². The molecule has 1 fully saturated rings. The maximum Gasteiger partial charge on any atom is 0.255 e. The van der Waals surface area contributed by atoms with Crippen molar-refractivity contribution in [2.45, 2.75) is 44.7 Å². The van der Waals surface area contributed by atoms with Crippen molar-refractivity contribution in [1.82, 2.24) is 20.2 Å². The number of anilines is 2. The number of H-pyrrole nitrogens is 1. The number of hydrogen-bond acceptors (Lipinski definition) is 6. The zero-order valence-electron chi connectivity index (χ0n) is 20.9. The molecule has 0 spiro atoms. The zero-order valence-corrected chi connectivity index (χ0v) is 21.6. The number of nitrogens with one attached hydrogen (secondary N) is 3. The van der Waals surface area contributed by atoms with Crippen LogP contribution in [0.2, 0.25) is 5.02 Å². The third-order valence-corrected chi connectivity index (χ3v) is 7.33. The Morgan fingerprint density at radius 1 is 1.28 bits per heavy atom. The number of carbonyl (C=O) groups is 1. The summed E-state index contributed by atoms with van der Waals surface area (Å²) in [5, 5.41) is 6.97. The Hall–Kier alpha value is -3.23. The van der Waals surface area contributed by atoms with Gasteiger partial charge in [-0.2, -0.15) is 0 Å². The van der Waals surface area contributed by atoms with Gasteiger partial charge in [0, 0.05) is 36.0 Å². The molecule has 1 aromatic carbocycles. The number of amides is 1. The first-order valence-electron chi connectivity index (χ1n) is 12.4. The predicted molar refractivity (Wildman–Crippen MR) is 142 cm³/mol. The van der Waals surface area contributed by atoms with Crippen LogP contribution in [0.25, 0.3) is 11.3 Å². The maximum absolute atomic E-state index is 13.1. The highest BCUT2D eigenvalue weighted by molar-refractivity contribution is 6.32. The monoisotopic (exact) mass is 509 g/mol. The highest BCUT2D eigenvalue weighted by Gasteiger charge is 2.31. The van der Waals surface area contributed by atoms with Crippen molar-refractivity contribution in [3.63, 3.8) is 0 Å². The van der Waals surface area contributed by atoms with E-state index in [1.54, 1.807) is 25.6 Å². The van der Waals surface area contributed by atoms with Gasteiger partial charge in [-0.05, 0) is 51.6 Å². The summed E-state index contributed by atoms with van der Waals surface area (Å²) in [5.74, 6) is 1.05. The standard InChI is InChI=1S/C27H32ClN5O3/c1-16-13-21-23(27(34)30-16)25(31-20-9-6-8-19(28)26(20)35-3)24(32-21)18-10-11-29-14-22(18)36-15-17-7-4-5-12-33(17)2/h6,8-11,14,16-17,31-32H,4-5,7,12-13,15H2,1-3H3,(H,30,34)/t16-,17?/m1/s1. The summed E-state index contributed by atoms with van der Waals surface area (Å²) < 4.78 is 11.9. The smallest absolute Gasteiger partial charge is 0.255 e. The molecule has 2 atom stereocenters. The lowest BCUT2D eigenvalue weighted by molar-refractivity contribution is 0.0930. The molecule has 9 heteroatoms. The lowest BCUT2D eigenvalue weighted by Gasteiger charge is -2.32. The van der Waals surface area contributed by atoms with Crippen LogP contribution in [0.1, 0.15) is 42.2 Å². The van der Waals surface area contributed by atoms with E-state index in [4.69, 9.17) is 21.1 Å². The molecule has 3 aromatic rings. The summed E-state index contributed by atoms with van der Waals surface area (Å²) in [6, 6.07) is 7.79. The molecular formula is C27H32ClN5O3. The fourth-order valence-electron chi connectivity index (χ4n) is 5.13. The molecule has 0 saturated carbocycles. The summed E-state index contributed by atoms with van der Waals surface area (Å²) in [7, 11) is 3.72.